The lowest BCUT2D eigenvalue weighted by Crippen LogP contribution is -2.45. The fourth-order valence-corrected chi connectivity index (χ4v) is 2.57. The van der Waals surface area contributed by atoms with Crippen molar-refractivity contribution in [2.45, 2.75) is 38.1 Å². The minimum absolute atomic E-state index is 0.0622. The number of urea groups is 1. The van der Waals surface area contributed by atoms with Crippen molar-refractivity contribution >= 4 is 12.0 Å². The maximum Gasteiger partial charge on any atom is 0.315 e. The molecule has 2 unspecified atom stereocenters. The number of carboxylic acids is 1. The standard InChI is InChI=1S/C13H21N5O3/c1-18-8-15-11(17-18)5-6-14-13(21)16-10-4-2-3-9(7-10)12(19)20/h8-10H,2-7H2,1H3,(H,19,20)(H2,14,16,21). The van der Waals surface area contributed by atoms with Gasteiger partial charge in [-0.15, -0.1) is 0 Å². The van der Waals surface area contributed by atoms with Crippen molar-refractivity contribution in [3.63, 3.8) is 0 Å². The molecule has 1 heterocycles. The topological polar surface area (TPSA) is 109 Å². The average Bonchev–Trinajstić information content (AvgIpc) is 2.84. The first-order valence-electron chi connectivity index (χ1n) is 7.16. The van der Waals surface area contributed by atoms with E-state index in [0.717, 1.165) is 12.8 Å². The number of aromatic nitrogens is 3. The van der Waals surface area contributed by atoms with Crippen LogP contribution >= 0.6 is 0 Å². The summed E-state index contributed by atoms with van der Waals surface area (Å²) in [6, 6.07) is -0.324. The zero-order valence-electron chi connectivity index (χ0n) is 12.1. The van der Waals surface area contributed by atoms with Gasteiger partial charge in [0.1, 0.15) is 6.33 Å². The van der Waals surface area contributed by atoms with Crippen LogP contribution in [0.4, 0.5) is 4.79 Å². The van der Waals surface area contributed by atoms with Crippen molar-refractivity contribution in [2.75, 3.05) is 6.54 Å². The molecule has 0 bridgehead atoms. The van der Waals surface area contributed by atoms with E-state index < -0.39 is 5.97 Å². The molecule has 1 aliphatic carbocycles. The van der Waals surface area contributed by atoms with Crippen LogP contribution < -0.4 is 10.6 Å². The molecule has 0 spiro atoms. The maximum absolute atomic E-state index is 11.8. The summed E-state index contributed by atoms with van der Waals surface area (Å²) in [6.45, 7) is 0.449. The van der Waals surface area contributed by atoms with Crippen molar-refractivity contribution in [3.05, 3.63) is 12.2 Å². The van der Waals surface area contributed by atoms with Crippen molar-refractivity contribution in [3.8, 4) is 0 Å². The summed E-state index contributed by atoms with van der Waals surface area (Å²) in [5, 5.41) is 18.7. The fraction of sp³-hybridized carbons (Fsp3) is 0.692. The molecule has 2 rings (SSSR count). The predicted molar refractivity (Wildman–Crippen MR) is 74.6 cm³/mol. The Balaban J connectivity index is 1.68. The number of aryl methyl sites for hydroxylation is 1. The van der Waals surface area contributed by atoms with Gasteiger partial charge in [-0.05, 0) is 19.3 Å². The maximum atomic E-state index is 11.8. The Hall–Kier alpha value is -2.12. The highest BCUT2D eigenvalue weighted by Gasteiger charge is 2.27. The normalized spacial score (nSPS) is 21.8. The summed E-state index contributed by atoms with van der Waals surface area (Å²) in [7, 11) is 1.79. The van der Waals surface area contributed by atoms with Crippen LogP contribution in [-0.4, -0.2) is 44.5 Å². The molecule has 1 fully saturated rings. The number of aliphatic carboxylic acids is 1. The van der Waals surface area contributed by atoms with Gasteiger partial charge in [0.2, 0.25) is 0 Å². The summed E-state index contributed by atoms with van der Waals surface area (Å²) >= 11 is 0. The number of nitrogens with zero attached hydrogens (tertiary/aromatic N) is 3. The van der Waals surface area contributed by atoms with Gasteiger partial charge in [0, 0.05) is 26.1 Å². The average molecular weight is 295 g/mol. The number of carbonyl (C=O) groups is 2. The van der Waals surface area contributed by atoms with Crippen LogP contribution in [0.15, 0.2) is 6.33 Å². The number of carbonyl (C=O) groups excluding carboxylic acids is 1. The molecule has 0 aromatic carbocycles. The number of rotatable bonds is 5. The molecule has 2 amide bonds. The first-order chi connectivity index (χ1) is 10.0. The highest BCUT2D eigenvalue weighted by molar-refractivity contribution is 5.74. The van der Waals surface area contributed by atoms with Gasteiger partial charge in [-0.1, -0.05) is 6.42 Å². The Morgan fingerprint density at radius 3 is 2.95 bits per heavy atom. The summed E-state index contributed by atoms with van der Waals surface area (Å²) in [4.78, 5) is 26.8. The molecule has 0 radical (unpaired) electrons. The molecule has 116 valence electrons. The van der Waals surface area contributed by atoms with Gasteiger partial charge in [-0.25, -0.2) is 9.78 Å². The summed E-state index contributed by atoms with van der Waals surface area (Å²) in [5.41, 5.74) is 0. The Morgan fingerprint density at radius 2 is 2.29 bits per heavy atom. The number of nitrogens with one attached hydrogen (secondary N) is 2. The molecule has 1 aromatic rings. The lowest BCUT2D eigenvalue weighted by atomic mass is 9.86. The summed E-state index contributed by atoms with van der Waals surface area (Å²) in [6.07, 6.45) is 5.05. The van der Waals surface area contributed by atoms with E-state index in [2.05, 4.69) is 20.7 Å². The van der Waals surface area contributed by atoms with E-state index in [-0.39, 0.29) is 18.0 Å². The second-order valence-corrected chi connectivity index (χ2v) is 5.38. The fourth-order valence-electron chi connectivity index (χ4n) is 2.57. The number of amides is 2. The largest absolute Gasteiger partial charge is 0.481 e. The molecular formula is C13H21N5O3. The Labute approximate surface area is 122 Å². The van der Waals surface area contributed by atoms with E-state index in [0.29, 0.717) is 31.6 Å². The molecule has 3 N–H and O–H groups in total. The third kappa shape index (κ3) is 4.73. The Kier molecular flexibility index (Phi) is 5.13. The third-order valence-electron chi connectivity index (χ3n) is 3.64. The Morgan fingerprint density at radius 1 is 1.48 bits per heavy atom. The smallest absolute Gasteiger partial charge is 0.315 e. The lowest BCUT2D eigenvalue weighted by molar-refractivity contribution is -0.143. The number of hydrogen-bond donors (Lipinski definition) is 3. The SMILES string of the molecule is Cn1cnc(CCNC(=O)NC2CCCC(C(=O)O)C2)n1. The van der Waals surface area contributed by atoms with Crippen LogP contribution in [0.1, 0.15) is 31.5 Å². The zero-order chi connectivity index (χ0) is 15.2. The summed E-state index contributed by atoms with van der Waals surface area (Å²) < 4.78 is 1.61. The monoisotopic (exact) mass is 295 g/mol. The second-order valence-electron chi connectivity index (χ2n) is 5.38. The van der Waals surface area contributed by atoms with E-state index in [9.17, 15) is 9.59 Å². The van der Waals surface area contributed by atoms with Gasteiger partial charge in [-0.3, -0.25) is 9.48 Å². The molecule has 1 aliphatic rings. The van der Waals surface area contributed by atoms with Crippen LogP contribution in [-0.2, 0) is 18.3 Å². The summed E-state index contributed by atoms with van der Waals surface area (Å²) in [5.74, 6) is -0.439. The molecule has 0 saturated heterocycles. The van der Waals surface area contributed by atoms with Crippen molar-refractivity contribution < 1.29 is 14.7 Å². The van der Waals surface area contributed by atoms with Gasteiger partial charge in [-0.2, -0.15) is 5.10 Å². The van der Waals surface area contributed by atoms with E-state index in [1.807, 2.05) is 0 Å². The van der Waals surface area contributed by atoms with Gasteiger partial charge >= 0.3 is 12.0 Å². The van der Waals surface area contributed by atoms with Crippen LogP contribution in [0.25, 0.3) is 0 Å². The van der Waals surface area contributed by atoms with E-state index >= 15 is 0 Å². The van der Waals surface area contributed by atoms with Crippen molar-refractivity contribution in [1.82, 2.24) is 25.4 Å². The number of hydrogen-bond acceptors (Lipinski definition) is 4. The predicted octanol–water partition coefficient (Wildman–Crippen LogP) is 0.300. The van der Waals surface area contributed by atoms with Crippen molar-refractivity contribution in [1.29, 1.82) is 0 Å². The molecule has 2 atom stereocenters. The molecule has 8 heteroatoms. The lowest BCUT2D eigenvalue weighted by Gasteiger charge is -2.27. The van der Waals surface area contributed by atoms with Gasteiger partial charge in [0.05, 0.1) is 5.92 Å². The highest BCUT2D eigenvalue weighted by Crippen LogP contribution is 2.24. The van der Waals surface area contributed by atoms with Crippen molar-refractivity contribution in [2.24, 2.45) is 13.0 Å². The zero-order valence-corrected chi connectivity index (χ0v) is 12.1. The van der Waals surface area contributed by atoms with E-state index in [1.54, 1.807) is 18.1 Å². The van der Waals surface area contributed by atoms with Crippen LogP contribution in [0, 0.1) is 5.92 Å². The molecule has 8 nitrogen and oxygen atoms in total. The second kappa shape index (κ2) is 7.05. The van der Waals surface area contributed by atoms with Crippen LogP contribution in [0.5, 0.6) is 0 Å². The van der Waals surface area contributed by atoms with Gasteiger partial charge in [0.15, 0.2) is 5.82 Å². The Bertz CT molecular complexity index is 502. The first-order valence-corrected chi connectivity index (χ1v) is 7.16. The minimum Gasteiger partial charge on any atom is -0.481 e. The molecule has 21 heavy (non-hydrogen) atoms. The van der Waals surface area contributed by atoms with Gasteiger partial charge in [0.25, 0.3) is 0 Å². The molecule has 0 aliphatic heterocycles. The van der Waals surface area contributed by atoms with Gasteiger partial charge < -0.3 is 15.7 Å². The molecule has 1 saturated carbocycles. The molecule has 1 aromatic heterocycles. The molecular weight excluding hydrogens is 274 g/mol. The third-order valence-corrected chi connectivity index (χ3v) is 3.64. The minimum atomic E-state index is -0.775. The number of carboxylic acid groups (broad SMARTS) is 1. The van der Waals surface area contributed by atoms with E-state index in [4.69, 9.17) is 5.11 Å². The van der Waals surface area contributed by atoms with E-state index in [1.165, 1.54) is 0 Å². The highest BCUT2D eigenvalue weighted by atomic mass is 16.4. The van der Waals surface area contributed by atoms with Crippen LogP contribution in [0.3, 0.4) is 0 Å². The quantitative estimate of drug-likeness (QED) is 0.724. The van der Waals surface area contributed by atoms with Crippen LogP contribution in [0.2, 0.25) is 0 Å². The first kappa shape index (κ1) is 15.3.